The summed E-state index contributed by atoms with van der Waals surface area (Å²) in [6.07, 6.45) is 1.44. The fourth-order valence-corrected chi connectivity index (χ4v) is 2.74. The van der Waals surface area contributed by atoms with E-state index < -0.39 is 0 Å². The van der Waals surface area contributed by atoms with Gasteiger partial charge in [0.05, 0.1) is 29.1 Å². The number of para-hydroxylation sites is 1. The van der Waals surface area contributed by atoms with Crippen molar-refractivity contribution in [1.82, 2.24) is 9.78 Å². The Labute approximate surface area is 175 Å². The van der Waals surface area contributed by atoms with Crippen molar-refractivity contribution >= 4 is 12.2 Å². The van der Waals surface area contributed by atoms with Crippen LogP contribution in [0.15, 0.2) is 59.8 Å². The molecule has 0 spiro atoms. The Morgan fingerprint density at radius 1 is 1.13 bits per heavy atom. The van der Waals surface area contributed by atoms with Gasteiger partial charge in [0.1, 0.15) is 12.4 Å². The number of oxime groups is 1. The van der Waals surface area contributed by atoms with Crippen molar-refractivity contribution in [1.29, 1.82) is 0 Å². The molecule has 7 nitrogen and oxygen atoms in total. The molecule has 0 amide bonds. The molecule has 0 aliphatic rings. The van der Waals surface area contributed by atoms with Gasteiger partial charge in [-0.05, 0) is 50.6 Å². The molecule has 2 aromatic carbocycles. The molecule has 0 atom stereocenters. The van der Waals surface area contributed by atoms with Crippen LogP contribution in [0.5, 0.6) is 11.6 Å². The van der Waals surface area contributed by atoms with E-state index in [1.807, 2.05) is 70.3 Å². The fourth-order valence-electron chi connectivity index (χ4n) is 2.74. The average Bonchev–Trinajstić information content (AvgIpc) is 2.98. The summed E-state index contributed by atoms with van der Waals surface area (Å²) in [5.74, 6) is 0.958. The third-order valence-corrected chi connectivity index (χ3v) is 4.19. The van der Waals surface area contributed by atoms with Gasteiger partial charge < -0.3 is 14.3 Å². The summed E-state index contributed by atoms with van der Waals surface area (Å²) in [6, 6.07) is 16.5. The maximum Gasteiger partial charge on any atom is 0.338 e. The van der Waals surface area contributed by atoms with Crippen LogP contribution in [0.3, 0.4) is 0 Å². The Hall–Kier alpha value is -3.61. The van der Waals surface area contributed by atoms with Crippen LogP contribution in [0, 0.1) is 6.92 Å². The molecule has 0 aliphatic carbocycles. The van der Waals surface area contributed by atoms with Crippen LogP contribution in [0.1, 0.15) is 41.0 Å². The molecule has 156 valence electrons. The molecule has 1 aromatic heterocycles. The van der Waals surface area contributed by atoms with E-state index in [1.54, 1.807) is 23.0 Å². The predicted molar refractivity (Wildman–Crippen MR) is 114 cm³/mol. The third kappa shape index (κ3) is 5.47. The summed E-state index contributed by atoms with van der Waals surface area (Å²) >= 11 is 0. The maximum atomic E-state index is 11.9. The van der Waals surface area contributed by atoms with Gasteiger partial charge in [-0.25, -0.2) is 9.48 Å². The highest BCUT2D eigenvalue weighted by molar-refractivity contribution is 5.89. The number of esters is 1. The highest BCUT2D eigenvalue weighted by Crippen LogP contribution is 2.25. The fraction of sp³-hybridized carbons (Fsp3) is 0.261. The Bertz CT molecular complexity index is 1010. The van der Waals surface area contributed by atoms with Gasteiger partial charge in [0.25, 0.3) is 0 Å². The minimum absolute atomic E-state index is 0.151. The molecule has 0 saturated heterocycles. The zero-order valence-electron chi connectivity index (χ0n) is 17.5. The molecule has 3 rings (SSSR count). The maximum absolute atomic E-state index is 11.9. The lowest BCUT2D eigenvalue weighted by Crippen LogP contribution is -2.11. The van der Waals surface area contributed by atoms with E-state index in [4.69, 9.17) is 14.3 Å². The quantitative estimate of drug-likeness (QED) is 0.309. The molecule has 0 aliphatic heterocycles. The summed E-state index contributed by atoms with van der Waals surface area (Å²) in [5.41, 5.74) is 2.92. The van der Waals surface area contributed by atoms with E-state index in [-0.39, 0.29) is 18.7 Å². The molecule has 0 unspecified atom stereocenters. The Balaban J connectivity index is 1.61. The third-order valence-electron chi connectivity index (χ3n) is 4.19. The first-order chi connectivity index (χ1) is 14.4. The highest BCUT2D eigenvalue weighted by Gasteiger charge is 2.14. The molecule has 0 bridgehead atoms. The highest BCUT2D eigenvalue weighted by atomic mass is 16.6. The van der Waals surface area contributed by atoms with Crippen molar-refractivity contribution in [2.45, 2.75) is 33.5 Å². The minimum Gasteiger partial charge on any atom is -0.459 e. The molecule has 0 radical (unpaired) electrons. The van der Waals surface area contributed by atoms with Gasteiger partial charge in [-0.3, -0.25) is 0 Å². The van der Waals surface area contributed by atoms with Crippen LogP contribution in [0.2, 0.25) is 0 Å². The number of carbonyl (C=O) groups is 1. The number of benzene rings is 2. The second kappa shape index (κ2) is 9.73. The van der Waals surface area contributed by atoms with E-state index in [0.717, 1.165) is 16.8 Å². The lowest BCUT2D eigenvalue weighted by Gasteiger charge is -2.08. The minimum atomic E-state index is -0.339. The van der Waals surface area contributed by atoms with Crippen molar-refractivity contribution in [3.05, 3.63) is 77.0 Å². The first-order valence-electron chi connectivity index (χ1n) is 9.66. The first-order valence-corrected chi connectivity index (χ1v) is 9.66. The number of ether oxygens (including phenoxy) is 2. The lowest BCUT2D eigenvalue weighted by molar-refractivity contribution is 0.0378. The van der Waals surface area contributed by atoms with Crippen molar-refractivity contribution in [2.24, 2.45) is 12.2 Å². The summed E-state index contributed by atoms with van der Waals surface area (Å²) in [7, 11) is 1.81. The number of hydrogen-bond acceptors (Lipinski definition) is 6. The van der Waals surface area contributed by atoms with Crippen LogP contribution in [-0.4, -0.2) is 28.1 Å². The van der Waals surface area contributed by atoms with Gasteiger partial charge in [-0.15, -0.1) is 0 Å². The molecule has 3 aromatic rings. The number of hydrogen-bond donors (Lipinski definition) is 0. The van der Waals surface area contributed by atoms with E-state index >= 15 is 0 Å². The van der Waals surface area contributed by atoms with Gasteiger partial charge in [0, 0.05) is 7.05 Å². The number of nitrogens with zero attached hydrogens (tertiary/aromatic N) is 3. The predicted octanol–water partition coefficient (Wildman–Crippen LogP) is 4.64. The van der Waals surface area contributed by atoms with E-state index in [2.05, 4.69) is 10.3 Å². The van der Waals surface area contributed by atoms with Crippen LogP contribution in [0.25, 0.3) is 0 Å². The second-order valence-corrected chi connectivity index (χ2v) is 7.00. The molecule has 0 N–H and O–H groups in total. The topological polar surface area (TPSA) is 74.9 Å². The molecular weight excluding hydrogens is 382 g/mol. The largest absolute Gasteiger partial charge is 0.459 e. The van der Waals surface area contributed by atoms with Crippen LogP contribution in [-0.2, 0) is 23.2 Å². The summed E-state index contributed by atoms with van der Waals surface area (Å²) in [5, 5.41) is 8.45. The van der Waals surface area contributed by atoms with Crippen molar-refractivity contribution < 1.29 is 19.1 Å². The average molecular weight is 407 g/mol. The lowest BCUT2D eigenvalue weighted by atomic mass is 10.1. The zero-order chi connectivity index (χ0) is 21.5. The van der Waals surface area contributed by atoms with Crippen LogP contribution >= 0.6 is 0 Å². The normalized spacial score (nSPS) is 11.1. The molecule has 0 fully saturated rings. The Morgan fingerprint density at radius 2 is 1.83 bits per heavy atom. The van der Waals surface area contributed by atoms with Gasteiger partial charge in [-0.1, -0.05) is 35.5 Å². The van der Waals surface area contributed by atoms with Crippen LogP contribution < -0.4 is 4.74 Å². The number of aryl methyl sites for hydroxylation is 2. The summed E-state index contributed by atoms with van der Waals surface area (Å²) < 4.78 is 12.8. The van der Waals surface area contributed by atoms with Crippen molar-refractivity contribution in [3.63, 3.8) is 0 Å². The SMILES string of the molecule is Cc1nn(C)c(Oc2ccccc2)c1C=NOCc1ccc(C(=O)OC(C)C)cc1. The van der Waals surface area contributed by atoms with Crippen molar-refractivity contribution in [3.8, 4) is 11.6 Å². The smallest absolute Gasteiger partial charge is 0.338 e. The van der Waals surface area contributed by atoms with E-state index in [9.17, 15) is 4.79 Å². The number of aromatic nitrogens is 2. The molecule has 7 heteroatoms. The Kier molecular flexibility index (Phi) is 6.85. The van der Waals surface area contributed by atoms with Crippen LogP contribution in [0.4, 0.5) is 0 Å². The first kappa shape index (κ1) is 21.1. The summed E-state index contributed by atoms with van der Waals surface area (Å²) in [6.45, 7) is 5.79. The standard InChI is InChI=1S/C23H25N3O4/c1-16(2)29-23(27)19-12-10-18(11-13-19)15-28-24-14-21-17(3)25-26(4)22(21)30-20-8-6-5-7-9-20/h5-14,16H,15H2,1-4H3. The summed E-state index contributed by atoms with van der Waals surface area (Å²) in [4.78, 5) is 17.3. The van der Waals surface area contributed by atoms with Gasteiger partial charge in [-0.2, -0.15) is 5.10 Å². The van der Waals surface area contributed by atoms with Crippen molar-refractivity contribution in [2.75, 3.05) is 0 Å². The number of carbonyl (C=O) groups excluding carboxylic acids is 1. The van der Waals surface area contributed by atoms with E-state index in [1.165, 1.54) is 0 Å². The molecule has 1 heterocycles. The zero-order valence-corrected chi connectivity index (χ0v) is 17.5. The second-order valence-electron chi connectivity index (χ2n) is 7.00. The van der Waals surface area contributed by atoms with Gasteiger partial charge in [0.15, 0.2) is 0 Å². The van der Waals surface area contributed by atoms with Gasteiger partial charge in [0.2, 0.25) is 5.88 Å². The molecule has 0 saturated carbocycles. The van der Waals surface area contributed by atoms with Gasteiger partial charge >= 0.3 is 5.97 Å². The Morgan fingerprint density at radius 3 is 2.50 bits per heavy atom. The molecule has 30 heavy (non-hydrogen) atoms. The number of rotatable bonds is 8. The molecular formula is C23H25N3O4. The monoisotopic (exact) mass is 407 g/mol. The van der Waals surface area contributed by atoms with E-state index in [0.29, 0.717) is 17.2 Å².